The molecule has 67 heavy (non-hydrogen) atoms. The molecule has 0 heterocycles. The predicted octanol–water partition coefficient (Wildman–Crippen LogP) is 11.8. The van der Waals surface area contributed by atoms with Gasteiger partial charge < -0.3 is 0 Å². The molecule has 0 aliphatic rings. The number of hydrogen-bond donors (Lipinski definition) is 0. The van der Waals surface area contributed by atoms with E-state index < -0.39 is 68.0 Å². The number of halogens is 12. The smallest absolute Gasteiger partial charge is 0.258 e. The van der Waals surface area contributed by atoms with Crippen molar-refractivity contribution in [2.24, 2.45) is 0 Å². The molecule has 0 bridgehead atoms. The largest absolute Gasteiger partial charge is 0.416 e. The van der Waals surface area contributed by atoms with Crippen LogP contribution in [0.2, 0.25) is 0 Å². The van der Waals surface area contributed by atoms with E-state index in [9.17, 15) is 67.0 Å². The van der Waals surface area contributed by atoms with Gasteiger partial charge in [-0.1, -0.05) is 138 Å². The summed E-state index contributed by atoms with van der Waals surface area (Å²) in [6.45, 7) is 0. The Bertz CT molecular complexity index is 2660. The summed E-state index contributed by atoms with van der Waals surface area (Å²) in [4.78, 5) is 11.0. The molecule has 0 N–H and O–H groups in total. The SMILES string of the molecule is FC(F)(F)c1ccc([B-](c2ccc(C(F)(F)F)cc2)(c2ccc(C(F)(F)F)cc2)c2ccc(C(F)(F)F)cc2)cc1.O=[N+]([O-])c1ccc(C[S+](=O)(C#Cc2ccccc2)c2ccccc2)cc1. The maximum atomic E-state index is 13.6. The third-order valence-electron chi connectivity index (χ3n) is 10.7. The van der Waals surface area contributed by atoms with Gasteiger partial charge in [-0.15, -0.1) is 0 Å². The first-order valence-corrected chi connectivity index (χ1v) is 21.4. The van der Waals surface area contributed by atoms with Crippen LogP contribution in [-0.2, 0) is 44.6 Å². The van der Waals surface area contributed by atoms with Crippen LogP contribution in [0.4, 0.5) is 58.4 Å². The Morgan fingerprint density at radius 2 is 0.761 bits per heavy atom. The second-order valence-corrected chi connectivity index (χ2v) is 17.3. The first-order chi connectivity index (χ1) is 31.4. The quantitative estimate of drug-likeness (QED) is 0.0381. The molecule has 0 saturated carbocycles. The van der Waals surface area contributed by atoms with Crippen molar-refractivity contribution in [2.45, 2.75) is 35.4 Å². The summed E-state index contributed by atoms with van der Waals surface area (Å²) in [5, 5.41) is 13.8. The first kappa shape index (κ1) is 49.3. The molecule has 0 amide bonds. The summed E-state index contributed by atoms with van der Waals surface area (Å²) in [6.07, 6.45) is -22.0. The maximum Gasteiger partial charge on any atom is 0.416 e. The molecular weight excluding hydrogens is 921 g/mol. The molecule has 0 radical (unpaired) electrons. The Morgan fingerprint density at radius 1 is 0.448 bits per heavy atom. The zero-order chi connectivity index (χ0) is 48.8. The Hall–Kier alpha value is -7.13. The number of benzene rings is 7. The van der Waals surface area contributed by atoms with Crippen molar-refractivity contribution >= 4 is 43.6 Å². The number of nitro benzene ring substituents is 1. The van der Waals surface area contributed by atoms with Crippen LogP contribution in [0.25, 0.3) is 0 Å². The number of rotatable bonds is 8. The summed E-state index contributed by atoms with van der Waals surface area (Å²) in [5.74, 6) is 3.20. The maximum absolute atomic E-state index is 13.6. The lowest BCUT2D eigenvalue weighted by atomic mass is 9.13. The lowest BCUT2D eigenvalue weighted by Gasteiger charge is -2.44. The van der Waals surface area contributed by atoms with Gasteiger partial charge in [0.25, 0.3) is 5.69 Å². The molecule has 1 atom stereocenters. The normalized spacial score (nSPS) is 13.0. The van der Waals surface area contributed by atoms with Crippen molar-refractivity contribution < 1.29 is 61.8 Å². The van der Waals surface area contributed by atoms with Gasteiger partial charge in [-0.2, -0.15) is 74.5 Å². The minimum Gasteiger partial charge on any atom is -0.258 e. The van der Waals surface area contributed by atoms with E-state index in [1.54, 1.807) is 24.3 Å². The highest BCUT2D eigenvalue weighted by atomic mass is 32.2. The Labute approximate surface area is 376 Å². The van der Waals surface area contributed by atoms with Gasteiger partial charge in [0.1, 0.15) is 6.15 Å². The Morgan fingerprint density at radius 3 is 1.06 bits per heavy atom. The van der Waals surface area contributed by atoms with Gasteiger partial charge in [0, 0.05) is 23.3 Å². The Balaban J connectivity index is 0.000000244. The van der Waals surface area contributed by atoms with E-state index in [-0.39, 0.29) is 33.3 Å². The average Bonchev–Trinajstić information content (AvgIpc) is 3.29. The van der Waals surface area contributed by atoms with Gasteiger partial charge in [-0.3, -0.25) is 10.1 Å². The molecule has 18 heteroatoms. The third-order valence-corrected chi connectivity index (χ3v) is 12.9. The molecular formula is C49H32BF12NO3S. The zero-order valence-electron chi connectivity index (χ0n) is 34.2. The fourth-order valence-electron chi connectivity index (χ4n) is 7.43. The topological polar surface area (TPSA) is 60.2 Å². The molecule has 344 valence electrons. The molecule has 0 aromatic heterocycles. The van der Waals surface area contributed by atoms with E-state index >= 15 is 0 Å². The molecule has 0 fully saturated rings. The number of non-ortho nitro benzene ring substituents is 1. The second-order valence-electron chi connectivity index (χ2n) is 15.0. The van der Waals surface area contributed by atoms with Crippen molar-refractivity contribution in [3.8, 4) is 11.2 Å². The van der Waals surface area contributed by atoms with Crippen LogP contribution in [0, 0.1) is 21.3 Å². The monoisotopic (exact) mass is 953 g/mol. The van der Waals surface area contributed by atoms with Crippen LogP contribution in [0.3, 0.4) is 0 Å². The van der Waals surface area contributed by atoms with Crippen molar-refractivity contribution in [1.82, 2.24) is 0 Å². The highest BCUT2D eigenvalue weighted by molar-refractivity contribution is 8.06. The van der Waals surface area contributed by atoms with Crippen molar-refractivity contribution in [1.29, 1.82) is 0 Å². The van der Waals surface area contributed by atoms with Crippen molar-refractivity contribution in [2.75, 3.05) is 0 Å². The van der Waals surface area contributed by atoms with Crippen LogP contribution < -0.4 is 21.9 Å². The van der Waals surface area contributed by atoms with E-state index in [1.165, 1.54) is 12.1 Å². The fourth-order valence-corrected chi connectivity index (χ4v) is 9.33. The molecule has 0 aliphatic carbocycles. The number of alkyl halides is 12. The number of nitro groups is 1. The summed E-state index contributed by atoms with van der Waals surface area (Å²) >= 11 is 0. The van der Waals surface area contributed by atoms with Crippen molar-refractivity contribution in [3.05, 3.63) is 225 Å². The van der Waals surface area contributed by atoms with Crippen LogP contribution in [0.1, 0.15) is 33.4 Å². The lowest BCUT2D eigenvalue weighted by Crippen LogP contribution is -2.74. The minimum absolute atomic E-state index is 0.00956. The highest BCUT2D eigenvalue weighted by Crippen LogP contribution is 2.33. The van der Waals surface area contributed by atoms with Crippen LogP contribution >= 0.6 is 0 Å². The van der Waals surface area contributed by atoms with E-state index in [2.05, 4.69) is 11.2 Å². The van der Waals surface area contributed by atoms with Crippen LogP contribution in [-0.4, -0.2) is 11.1 Å². The predicted molar refractivity (Wildman–Crippen MR) is 233 cm³/mol. The first-order valence-electron chi connectivity index (χ1n) is 19.7. The summed E-state index contributed by atoms with van der Waals surface area (Å²) < 4.78 is 174. The van der Waals surface area contributed by atoms with E-state index in [0.29, 0.717) is 53.4 Å². The highest BCUT2D eigenvalue weighted by Gasteiger charge is 2.38. The molecule has 0 spiro atoms. The number of nitrogens with zero attached hydrogens (tertiary/aromatic N) is 1. The van der Waals surface area contributed by atoms with Gasteiger partial charge in [0.15, 0.2) is 25.8 Å². The van der Waals surface area contributed by atoms with E-state index in [0.717, 1.165) is 59.7 Å². The Kier molecular flexibility index (Phi) is 14.3. The average molecular weight is 954 g/mol. The van der Waals surface area contributed by atoms with Gasteiger partial charge >= 0.3 is 24.7 Å². The third kappa shape index (κ3) is 11.6. The summed E-state index contributed by atoms with van der Waals surface area (Å²) in [5.41, 5.74) is -2.75. The molecule has 7 aromatic rings. The van der Waals surface area contributed by atoms with Gasteiger partial charge in [-0.05, 0) is 42.3 Å². The second kappa shape index (κ2) is 19.4. The van der Waals surface area contributed by atoms with Gasteiger partial charge in [0.05, 0.1) is 27.2 Å². The van der Waals surface area contributed by atoms with Crippen LogP contribution in [0.5, 0.6) is 0 Å². The summed E-state index contributed by atoms with van der Waals surface area (Å²) in [6, 6.07) is 38.2. The summed E-state index contributed by atoms with van der Waals surface area (Å²) in [7, 11) is -2.68. The van der Waals surface area contributed by atoms with Crippen LogP contribution in [0.15, 0.2) is 187 Å². The fraction of sp³-hybridized carbons (Fsp3) is 0.102. The van der Waals surface area contributed by atoms with Crippen molar-refractivity contribution in [3.63, 3.8) is 0 Å². The molecule has 4 nitrogen and oxygen atoms in total. The molecule has 0 aliphatic heterocycles. The molecule has 0 saturated heterocycles. The van der Waals surface area contributed by atoms with Gasteiger partial charge in [-0.25, -0.2) is 0 Å². The van der Waals surface area contributed by atoms with Gasteiger partial charge in [0.2, 0.25) is 0 Å². The lowest BCUT2D eigenvalue weighted by molar-refractivity contribution is -0.384. The minimum atomic E-state index is -4.77. The molecule has 7 rings (SSSR count). The zero-order valence-corrected chi connectivity index (χ0v) is 35.0. The molecule has 1 unspecified atom stereocenters. The number of hydrogen-bond acceptors (Lipinski definition) is 3. The standard InChI is InChI=1S/C28H16BF12.C21H16NO3S/c30-25(31,32)17-1-9-21(10-2-17)29(22-11-3-18(4-12-22)26(33,34)35,23-13-5-19(6-14-23)27(36,37)38)24-15-7-20(8-16-24)28(39,40)41;23-22(24)20-13-11-19(12-14-20)17-26(25,21-9-5-2-6-10-21)16-15-18-7-3-1-4-8-18/h1-16H;1-14H,17H2/q-1;+1. The van der Waals surface area contributed by atoms with E-state index in [4.69, 9.17) is 0 Å². The van der Waals surface area contributed by atoms with E-state index in [1.807, 2.05) is 48.5 Å². The molecule has 7 aromatic carbocycles.